The van der Waals surface area contributed by atoms with Gasteiger partial charge in [-0.2, -0.15) is 0 Å². The summed E-state index contributed by atoms with van der Waals surface area (Å²) < 4.78 is 0. The molecule has 0 aliphatic carbocycles. The molecule has 0 aromatic heterocycles. The van der Waals surface area contributed by atoms with Crippen molar-refractivity contribution in [2.75, 3.05) is 6.54 Å². The van der Waals surface area contributed by atoms with Gasteiger partial charge in [0.05, 0.1) is 12.5 Å². The van der Waals surface area contributed by atoms with E-state index in [0.29, 0.717) is 13.2 Å². The van der Waals surface area contributed by atoms with Crippen LogP contribution in [0, 0.1) is 11.8 Å². The molecule has 4 nitrogen and oxygen atoms in total. The van der Waals surface area contributed by atoms with Crippen LogP contribution in [0.25, 0.3) is 0 Å². The van der Waals surface area contributed by atoms with Crippen molar-refractivity contribution in [2.45, 2.75) is 20.5 Å². The van der Waals surface area contributed by atoms with E-state index >= 15 is 0 Å². The van der Waals surface area contributed by atoms with Crippen LogP contribution in [0.15, 0.2) is 30.3 Å². The number of benzene rings is 1. The second-order valence-electron chi connectivity index (χ2n) is 4.33. The highest BCUT2D eigenvalue weighted by Crippen LogP contribution is 2.09. The lowest BCUT2D eigenvalue weighted by molar-refractivity contribution is -0.139. The summed E-state index contributed by atoms with van der Waals surface area (Å²) in [6.45, 7) is 4.63. The summed E-state index contributed by atoms with van der Waals surface area (Å²) >= 11 is 0. The first kappa shape index (κ1) is 13.7. The molecule has 1 aromatic rings. The number of hydroxylamine groups is 1. The zero-order chi connectivity index (χ0) is 12.7. The highest BCUT2D eigenvalue weighted by Gasteiger charge is 2.20. The third-order valence-electron chi connectivity index (χ3n) is 2.65. The Labute approximate surface area is 102 Å². The second kappa shape index (κ2) is 7.04. The van der Waals surface area contributed by atoms with Gasteiger partial charge in [-0.1, -0.05) is 44.2 Å². The van der Waals surface area contributed by atoms with Gasteiger partial charge in [0.15, 0.2) is 0 Å². The fraction of sp³-hybridized carbons (Fsp3) is 0.462. The van der Waals surface area contributed by atoms with Gasteiger partial charge in [-0.3, -0.25) is 9.63 Å². The normalized spacial score (nSPS) is 12.5. The van der Waals surface area contributed by atoms with E-state index in [-0.39, 0.29) is 17.7 Å². The van der Waals surface area contributed by atoms with Crippen LogP contribution in [0.4, 0.5) is 0 Å². The van der Waals surface area contributed by atoms with Gasteiger partial charge in [0, 0.05) is 6.54 Å². The molecule has 3 N–H and O–H groups in total. The molecule has 1 aromatic carbocycles. The molecule has 0 saturated carbocycles. The van der Waals surface area contributed by atoms with Gasteiger partial charge < -0.3 is 5.73 Å². The van der Waals surface area contributed by atoms with E-state index in [1.165, 1.54) is 0 Å². The lowest BCUT2D eigenvalue weighted by atomic mass is 9.96. The summed E-state index contributed by atoms with van der Waals surface area (Å²) in [5.74, 6) is -0.149. The van der Waals surface area contributed by atoms with Crippen LogP contribution in [0.5, 0.6) is 0 Å². The number of rotatable bonds is 6. The van der Waals surface area contributed by atoms with Crippen LogP contribution in [-0.4, -0.2) is 12.5 Å². The quantitative estimate of drug-likeness (QED) is 0.735. The topological polar surface area (TPSA) is 64.4 Å². The summed E-state index contributed by atoms with van der Waals surface area (Å²) in [6.07, 6.45) is 0. The van der Waals surface area contributed by atoms with Gasteiger partial charge in [-0.15, -0.1) is 0 Å². The maximum absolute atomic E-state index is 11.7. The summed E-state index contributed by atoms with van der Waals surface area (Å²) in [5, 5.41) is 0. The Morgan fingerprint density at radius 3 is 2.53 bits per heavy atom. The lowest BCUT2D eigenvalue weighted by Crippen LogP contribution is -2.37. The molecule has 17 heavy (non-hydrogen) atoms. The summed E-state index contributed by atoms with van der Waals surface area (Å²) in [6, 6.07) is 9.67. The van der Waals surface area contributed by atoms with E-state index in [1.54, 1.807) is 0 Å². The Morgan fingerprint density at radius 1 is 1.35 bits per heavy atom. The molecular weight excluding hydrogens is 216 g/mol. The van der Waals surface area contributed by atoms with Crippen LogP contribution in [0.2, 0.25) is 0 Å². The number of nitrogens with two attached hydrogens (primary N) is 1. The smallest absolute Gasteiger partial charge is 0.248 e. The van der Waals surface area contributed by atoms with E-state index in [9.17, 15) is 4.79 Å². The number of carbonyl (C=O) groups is 1. The molecule has 0 aliphatic heterocycles. The molecule has 0 spiro atoms. The maximum atomic E-state index is 11.7. The number of carbonyl (C=O) groups excluding carboxylic acids is 1. The average Bonchev–Trinajstić information content (AvgIpc) is 2.30. The third-order valence-corrected chi connectivity index (χ3v) is 2.65. The minimum atomic E-state index is -0.203. The van der Waals surface area contributed by atoms with Crippen molar-refractivity contribution in [1.29, 1.82) is 0 Å². The molecule has 1 amide bonds. The van der Waals surface area contributed by atoms with Crippen LogP contribution in [0.1, 0.15) is 19.4 Å². The van der Waals surface area contributed by atoms with Crippen molar-refractivity contribution in [3.05, 3.63) is 35.9 Å². The van der Waals surface area contributed by atoms with Crippen LogP contribution in [-0.2, 0) is 16.2 Å². The Balaban J connectivity index is 2.33. The predicted molar refractivity (Wildman–Crippen MR) is 66.8 cm³/mol. The highest BCUT2D eigenvalue weighted by atomic mass is 16.6. The van der Waals surface area contributed by atoms with Gasteiger partial charge in [-0.25, -0.2) is 5.48 Å². The van der Waals surface area contributed by atoms with E-state index in [4.69, 9.17) is 10.6 Å². The van der Waals surface area contributed by atoms with Crippen molar-refractivity contribution < 1.29 is 9.63 Å². The standard InChI is InChI=1S/C13H20N2O2/c1-10(2)12(8-14)13(16)15-17-9-11-6-4-3-5-7-11/h3-7,10,12H,8-9,14H2,1-2H3,(H,15,16). The summed E-state index contributed by atoms with van der Waals surface area (Å²) in [4.78, 5) is 16.8. The van der Waals surface area contributed by atoms with Gasteiger partial charge in [0.2, 0.25) is 5.91 Å². The van der Waals surface area contributed by atoms with Gasteiger partial charge >= 0.3 is 0 Å². The summed E-state index contributed by atoms with van der Waals surface area (Å²) in [5.41, 5.74) is 9.00. The van der Waals surface area contributed by atoms with Gasteiger partial charge in [-0.05, 0) is 11.5 Å². The number of nitrogens with one attached hydrogen (secondary N) is 1. The van der Waals surface area contributed by atoms with Crippen LogP contribution >= 0.6 is 0 Å². The van der Waals surface area contributed by atoms with E-state index in [0.717, 1.165) is 5.56 Å². The molecule has 94 valence electrons. The van der Waals surface area contributed by atoms with Crippen molar-refractivity contribution in [3.8, 4) is 0 Å². The number of amides is 1. The van der Waals surface area contributed by atoms with Crippen molar-refractivity contribution >= 4 is 5.91 Å². The zero-order valence-electron chi connectivity index (χ0n) is 10.3. The molecule has 0 bridgehead atoms. The molecule has 1 rings (SSSR count). The Hall–Kier alpha value is -1.39. The molecule has 0 radical (unpaired) electrons. The van der Waals surface area contributed by atoms with Crippen LogP contribution < -0.4 is 11.2 Å². The molecule has 0 fully saturated rings. The molecule has 0 aliphatic rings. The predicted octanol–water partition coefficient (Wildman–Crippen LogP) is 1.47. The van der Waals surface area contributed by atoms with E-state index < -0.39 is 0 Å². The highest BCUT2D eigenvalue weighted by molar-refractivity contribution is 5.78. The first-order valence-electron chi connectivity index (χ1n) is 5.80. The fourth-order valence-corrected chi connectivity index (χ4v) is 1.52. The Morgan fingerprint density at radius 2 is 2.00 bits per heavy atom. The molecule has 1 atom stereocenters. The van der Waals surface area contributed by atoms with Gasteiger partial charge in [0.25, 0.3) is 0 Å². The zero-order valence-corrected chi connectivity index (χ0v) is 10.3. The van der Waals surface area contributed by atoms with Crippen molar-refractivity contribution in [2.24, 2.45) is 17.6 Å². The monoisotopic (exact) mass is 236 g/mol. The van der Waals surface area contributed by atoms with Gasteiger partial charge in [0.1, 0.15) is 0 Å². The SMILES string of the molecule is CC(C)C(CN)C(=O)NOCc1ccccc1. The Kier molecular flexibility index (Phi) is 5.66. The third kappa shape index (κ3) is 4.54. The maximum Gasteiger partial charge on any atom is 0.248 e. The molecule has 4 heteroatoms. The second-order valence-corrected chi connectivity index (χ2v) is 4.33. The summed E-state index contributed by atoms with van der Waals surface area (Å²) in [7, 11) is 0. The average molecular weight is 236 g/mol. The first-order chi connectivity index (χ1) is 8.15. The van der Waals surface area contributed by atoms with Crippen molar-refractivity contribution in [3.63, 3.8) is 0 Å². The minimum absolute atomic E-state index is 0.154. The minimum Gasteiger partial charge on any atom is -0.330 e. The first-order valence-corrected chi connectivity index (χ1v) is 5.80. The van der Waals surface area contributed by atoms with E-state index in [1.807, 2.05) is 44.2 Å². The molecule has 0 saturated heterocycles. The van der Waals surface area contributed by atoms with Crippen LogP contribution in [0.3, 0.4) is 0 Å². The Bertz CT molecular complexity index is 339. The fourth-order valence-electron chi connectivity index (χ4n) is 1.52. The number of hydrogen-bond acceptors (Lipinski definition) is 3. The van der Waals surface area contributed by atoms with Crippen molar-refractivity contribution in [1.82, 2.24) is 5.48 Å². The number of hydrogen-bond donors (Lipinski definition) is 2. The molecule has 0 heterocycles. The molecule has 1 unspecified atom stereocenters. The largest absolute Gasteiger partial charge is 0.330 e. The lowest BCUT2D eigenvalue weighted by Gasteiger charge is -2.17. The molecular formula is C13H20N2O2. The van der Waals surface area contributed by atoms with E-state index in [2.05, 4.69) is 5.48 Å².